The van der Waals surface area contributed by atoms with Crippen molar-refractivity contribution in [1.29, 1.82) is 0 Å². The fourth-order valence-corrected chi connectivity index (χ4v) is 1.38. The Balaban J connectivity index is 2.95. The molecular formula is C13H10F5NO2. The maximum Gasteiger partial charge on any atom is 0.419 e. The molecule has 0 bridgehead atoms. The zero-order valence-electron chi connectivity index (χ0n) is 10.4. The van der Waals surface area contributed by atoms with E-state index in [4.69, 9.17) is 10.8 Å². The molecule has 114 valence electrons. The van der Waals surface area contributed by atoms with Gasteiger partial charge in [0.25, 0.3) is 0 Å². The Morgan fingerprint density at radius 3 is 2.52 bits per heavy atom. The van der Waals surface area contributed by atoms with Crippen molar-refractivity contribution in [3.05, 3.63) is 35.1 Å². The van der Waals surface area contributed by atoms with Crippen molar-refractivity contribution in [3.8, 4) is 11.8 Å². The molecule has 0 saturated carbocycles. The molecule has 1 aromatic carbocycles. The van der Waals surface area contributed by atoms with Gasteiger partial charge in [-0.15, -0.1) is 0 Å². The molecule has 0 aliphatic rings. The van der Waals surface area contributed by atoms with Gasteiger partial charge in [0.05, 0.1) is 18.0 Å². The van der Waals surface area contributed by atoms with Gasteiger partial charge in [0.2, 0.25) is 0 Å². The summed E-state index contributed by atoms with van der Waals surface area (Å²) in [5.41, 5.74) is 3.44. The number of carbonyl (C=O) groups is 1. The van der Waals surface area contributed by atoms with Crippen molar-refractivity contribution < 1.29 is 31.9 Å². The molecule has 8 heteroatoms. The van der Waals surface area contributed by atoms with Crippen LogP contribution in [0.4, 0.5) is 22.0 Å². The lowest BCUT2D eigenvalue weighted by atomic mass is 10.1. The second-order valence-electron chi connectivity index (χ2n) is 4.13. The number of hydrogen-bond acceptors (Lipinski definition) is 2. The quantitative estimate of drug-likeness (QED) is 0.665. The molecule has 0 aliphatic carbocycles. The second-order valence-corrected chi connectivity index (χ2v) is 4.13. The normalized spacial score (nSPS) is 14.0. The maximum atomic E-state index is 13.4. The number of aliphatic carboxylic acids is 1. The van der Waals surface area contributed by atoms with Crippen molar-refractivity contribution in [1.82, 2.24) is 0 Å². The number of halogens is 5. The average molecular weight is 307 g/mol. The number of rotatable bonds is 3. The van der Waals surface area contributed by atoms with Crippen LogP contribution >= 0.6 is 0 Å². The standard InChI is InChI=1S/C13H10F5NO2/c14-9-3-1-7(5-8(9)13(16,17)18)2-4-10(15)11(19)6-12(20)21/h1,3,5,10-11H,6,19H2,(H,20,21)/t10-,11-/m1/s1. The summed E-state index contributed by atoms with van der Waals surface area (Å²) in [5.74, 6) is 1.19. The van der Waals surface area contributed by atoms with Gasteiger partial charge in [-0.1, -0.05) is 11.8 Å². The van der Waals surface area contributed by atoms with E-state index in [1.54, 1.807) is 0 Å². The predicted molar refractivity (Wildman–Crippen MR) is 63.4 cm³/mol. The van der Waals surface area contributed by atoms with E-state index in [1.807, 2.05) is 5.92 Å². The highest BCUT2D eigenvalue weighted by atomic mass is 19.4. The molecule has 1 aromatic rings. The van der Waals surface area contributed by atoms with E-state index < -0.39 is 42.2 Å². The molecule has 3 nitrogen and oxygen atoms in total. The topological polar surface area (TPSA) is 63.3 Å². The number of carboxylic acid groups (broad SMARTS) is 1. The molecule has 0 saturated heterocycles. The minimum absolute atomic E-state index is 0.256. The SMILES string of the molecule is N[C@H](CC(=O)O)[C@H](F)C#Cc1ccc(F)c(C(F)(F)F)c1. The van der Waals surface area contributed by atoms with Gasteiger partial charge < -0.3 is 10.8 Å². The molecule has 0 amide bonds. The lowest BCUT2D eigenvalue weighted by molar-refractivity contribution is -0.140. The highest BCUT2D eigenvalue weighted by molar-refractivity contribution is 5.67. The first-order valence-electron chi connectivity index (χ1n) is 5.61. The van der Waals surface area contributed by atoms with Gasteiger partial charge in [-0.05, 0) is 18.2 Å². The third-order valence-electron chi connectivity index (χ3n) is 2.41. The molecule has 0 aliphatic heterocycles. The maximum absolute atomic E-state index is 13.4. The lowest BCUT2D eigenvalue weighted by Gasteiger charge is -2.09. The first-order chi connectivity index (χ1) is 9.61. The highest BCUT2D eigenvalue weighted by Crippen LogP contribution is 2.31. The van der Waals surface area contributed by atoms with Crippen molar-refractivity contribution in [2.24, 2.45) is 5.73 Å². The van der Waals surface area contributed by atoms with Gasteiger partial charge >= 0.3 is 12.1 Å². The van der Waals surface area contributed by atoms with E-state index in [2.05, 4.69) is 5.92 Å². The largest absolute Gasteiger partial charge is 0.481 e. The Bertz CT molecular complexity index is 588. The monoisotopic (exact) mass is 307 g/mol. The van der Waals surface area contributed by atoms with Crippen LogP contribution in [0.3, 0.4) is 0 Å². The molecule has 0 fully saturated rings. The lowest BCUT2D eigenvalue weighted by Crippen LogP contribution is -2.33. The van der Waals surface area contributed by atoms with Crippen LogP contribution in [0, 0.1) is 17.7 Å². The van der Waals surface area contributed by atoms with E-state index in [0.29, 0.717) is 12.1 Å². The average Bonchev–Trinajstić information content (AvgIpc) is 2.35. The van der Waals surface area contributed by atoms with Crippen LogP contribution in [0.15, 0.2) is 18.2 Å². The van der Waals surface area contributed by atoms with Crippen molar-refractivity contribution >= 4 is 5.97 Å². The van der Waals surface area contributed by atoms with Crippen LogP contribution in [0.5, 0.6) is 0 Å². The van der Waals surface area contributed by atoms with Gasteiger partial charge in [-0.25, -0.2) is 8.78 Å². The van der Waals surface area contributed by atoms with Crippen LogP contribution < -0.4 is 5.73 Å². The predicted octanol–water partition coefficient (Wildman–Crippen LogP) is 2.34. The minimum atomic E-state index is -4.89. The van der Waals surface area contributed by atoms with E-state index in [9.17, 15) is 26.7 Å². The molecule has 0 heterocycles. The molecule has 2 atom stereocenters. The molecule has 0 spiro atoms. The van der Waals surface area contributed by atoms with E-state index in [1.165, 1.54) is 0 Å². The molecule has 21 heavy (non-hydrogen) atoms. The van der Waals surface area contributed by atoms with Gasteiger partial charge in [-0.3, -0.25) is 4.79 Å². The van der Waals surface area contributed by atoms with E-state index >= 15 is 0 Å². The van der Waals surface area contributed by atoms with Crippen LogP contribution in [0.1, 0.15) is 17.5 Å². The fourth-order valence-electron chi connectivity index (χ4n) is 1.38. The smallest absolute Gasteiger partial charge is 0.419 e. The van der Waals surface area contributed by atoms with Crippen molar-refractivity contribution in [3.63, 3.8) is 0 Å². The first-order valence-corrected chi connectivity index (χ1v) is 5.61. The molecule has 3 N–H and O–H groups in total. The Morgan fingerprint density at radius 2 is 2.00 bits per heavy atom. The summed E-state index contributed by atoms with van der Waals surface area (Å²) < 4.78 is 63.8. The highest BCUT2D eigenvalue weighted by Gasteiger charge is 2.34. The van der Waals surface area contributed by atoms with Crippen LogP contribution in [-0.4, -0.2) is 23.3 Å². The second kappa shape index (κ2) is 6.54. The van der Waals surface area contributed by atoms with Crippen LogP contribution in [0.2, 0.25) is 0 Å². The summed E-state index contributed by atoms with van der Waals surface area (Å²) in [6.07, 6.45) is -7.59. The molecule has 0 radical (unpaired) electrons. The van der Waals surface area contributed by atoms with Crippen molar-refractivity contribution in [2.45, 2.75) is 24.8 Å². The summed E-state index contributed by atoms with van der Waals surface area (Å²) >= 11 is 0. The van der Waals surface area contributed by atoms with Gasteiger partial charge in [0.1, 0.15) is 5.82 Å². The first kappa shape index (κ1) is 16.9. The van der Waals surface area contributed by atoms with Gasteiger partial charge in [0, 0.05) is 5.56 Å². The number of hydrogen-bond donors (Lipinski definition) is 2. The zero-order chi connectivity index (χ0) is 16.2. The van der Waals surface area contributed by atoms with Gasteiger partial charge in [-0.2, -0.15) is 13.2 Å². The van der Waals surface area contributed by atoms with Crippen LogP contribution in [0.25, 0.3) is 0 Å². The Morgan fingerprint density at radius 1 is 1.38 bits per heavy atom. The molecular weight excluding hydrogens is 297 g/mol. The molecule has 0 aromatic heterocycles. The summed E-state index contributed by atoms with van der Waals surface area (Å²) in [4.78, 5) is 10.3. The summed E-state index contributed by atoms with van der Waals surface area (Å²) in [6, 6.07) is 0.555. The molecule has 0 unspecified atom stereocenters. The zero-order valence-corrected chi connectivity index (χ0v) is 10.4. The third kappa shape index (κ3) is 5.04. The minimum Gasteiger partial charge on any atom is -0.481 e. The van der Waals surface area contributed by atoms with Crippen molar-refractivity contribution in [2.75, 3.05) is 0 Å². The van der Waals surface area contributed by atoms with E-state index in [-0.39, 0.29) is 5.56 Å². The Kier molecular flexibility index (Phi) is 5.27. The van der Waals surface area contributed by atoms with Crippen LogP contribution in [-0.2, 0) is 11.0 Å². The summed E-state index contributed by atoms with van der Waals surface area (Å²) in [5, 5.41) is 8.41. The summed E-state index contributed by atoms with van der Waals surface area (Å²) in [7, 11) is 0. The number of alkyl halides is 4. The van der Waals surface area contributed by atoms with E-state index in [0.717, 1.165) is 6.07 Å². The number of carboxylic acids is 1. The fraction of sp³-hybridized carbons (Fsp3) is 0.308. The molecule has 1 rings (SSSR count). The van der Waals surface area contributed by atoms with Gasteiger partial charge in [0.15, 0.2) is 6.17 Å². The Labute approximate surface area is 116 Å². The third-order valence-corrected chi connectivity index (χ3v) is 2.41. The Hall–Kier alpha value is -2.14. The number of benzene rings is 1. The summed E-state index contributed by atoms with van der Waals surface area (Å²) in [6.45, 7) is 0. The number of nitrogens with two attached hydrogens (primary N) is 1.